The maximum absolute atomic E-state index is 5.07. The minimum atomic E-state index is 0.743. The molecule has 1 aliphatic rings. The smallest absolute Gasteiger partial charge is 0.191 e. The van der Waals surface area contributed by atoms with Gasteiger partial charge >= 0.3 is 0 Å². The SMILES string of the molecule is Cc1nc(CNC2CC2)co1. The highest BCUT2D eigenvalue weighted by molar-refractivity contribution is 4.96. The number of aryl methyl sites for hydroxylation is 1. The molecule has 0 amide bonds. The lowest BCUT2D eigenvalue weighted by Crippen LogP contribution is -2.15. The Hall–Kier alpha value is -0.830. The van der Waals surface area contributed by atoms with Gasteiger partial charge in [0.15, 0.2) is 5.89 Å². The first kappa shape index (κ1) is 6.85. The third-order valence-corrected chi connectivity index (χ3v) is 1.82. The second-order valence-corrected chi connectivity index (χ2v) is 3.01. The van der Waals surface area contributed by atoms with Crippen LogP contribution in [0.15, 0.2) is 10.7 Å². The number of rotatable bonds is 3. The molecule has 0 aliphatic heterocycles. The molecule has 3 nitrogen and oxygen atoms in total. The molecule has 1 aromatic rings. The molecule has 1 aliphatic carbocycles. The first-order valence-corrected chi connectivity index (χ1v) is 3.99. The molecule has 60 valence electrons. The Bertz CT molecular complexity index is 240. The highest BCUT2D eigenvalue weighted by Crippen LogP contribution is 2.19. The molecule has 0 radical (unpaired) electrons. The van der Waals surface area contributed by atoms with Gasteiger partial charge in [0.1, 0.15) is 6.26 Å². The summed E-state index contributed by atoms with van der Waals surface area (Å²) in [6.45, 7) is 2.71. The lowest BCUT2D eigenvalue weighted by molar-refractivity contribution is 0.520. The highest BCUT2D eigenvalue weighted by Gasteiger charge is 2.20. The van der Waals surface area contributed by atoms with Crippen LogP contribution >= 0.6 is 0 Å². The average molecular weight is 152 g/mol. The van der Waals surface area contributed by atoms with Crippen molar-refractivity contribution < 1.29 is 4.42 Å². The highest BCUT2D eigenvalue weighted by atomic mass is 16.3. The summed E-state index contributed by atoms with van der Waals surface area (Å²) in [4.78, 5) is 4.18. The fourth-order valence-corrected chi connectivity index (χ4v) is 1.03. The van der Waals surface area contributed by atoms with E-state index in [2.05, 4.69) is 10.3 Å². The second kappa shape index (κ2) is 2.66. The third kappa shape index (κ3) is 1.80. The van der Waals surface area contributed by atoms with Gasteiger partial charge in [0.05, 0.1) is 5.69 Å². The van der Waals surface area contributed by atoms with Crippen LogP contribution in [0.25, 0.3) is 0 Å². The predicted octanol–water partition coefficient (Wildman–Crippen LogP) is 1.24. The van der Waals surface area contributed by atoms with Crippen molar-refractivity contribution in [2.24, 2.45) is 0 Å². The van der Waals surface area contributed by atoms with Crippen molar-refractivity contribution in [3.05, 3.63) is 17.8 Å². The van der Waals surface area contributed by atoms with Gasteiger partial charge in [0.25, 0.3) is 0 Å². The normalized spacial score (nSPS) is 17.2. The molecule has 1 aromatic heterocycles. The van der Waals surface area contributed by atoms with E-state index in [1.807, 2.05) is 6.92 Å². The van der Waals surface area contributed by atoms with Crippen LogP contribution in [0.3, 0.4) is 0 Å². The number of hydrogen-bond donors (Lipinski definition) is 1. The van der Waals surface area contributed by atoms with Crippen LogP contribution in [0, 0.1) is 6.92 Å². The quantitative estimate of drug-likeness (QED) is 0.708. The van der Waals surface area contributed by atoms with Crippen LogP contribution in [0.1, 0.15) is 24.4 Å². The van der Waals surface area contributed by atoms with Crippen LogP contribution in [0.5, 0.6) is 0 Å². The Labute approximate surface area is 65.8 Å². The molecule has 0 unspecified atom stereocenters. The van der Waals surface area contributed by atoms with Crippen molar-refractivity contribution in [3.8, 4) is 0 Å². The molecule has 0 atom stereocenters. The standard InChI is InChI=1S/C8H12N2O/c1-6-10-8(5-11-6)4-9-7-2-3-7/h5,7,9H,2-4H2,1H3. The lowest BCUT2D eigenvalue weighted by Gasteiger charge is -1.95. The van der Waals surface area contributed by atoms with E-state index in [-0.39, 0.29) is 0 Å². The lowest BCUT2D eigenvalue weighted by atomic mass is 10.4. The number of nitrogens with one attached hydrogen (secondary N) is 1. The van der Waals surface area contributed by atoms with Crippen LogP contribution in [-0.2, 0) is 6.54 Å². The molecule has 2 rings (SSSR count). The predicted molar refractivity (Wildman–Crippen MR) is 41.1 cm³/mol. The Morgan fingerprint density at radius 1 is 1.73 bits per heavy atom. The van der Waals surface area contributed by atoms with E-state index in [4.69, 9.17) is 4.42 Å². The first-order chi connectivity index (χ1) is 5.34. The molecule has 0 saturated heterocycles. The van der Waals surface area contributed by atoms with E-state index >= 15 is 0 Å². The van der Waals surface area contributed by atoms with Gasteiger partial charge in [-0.05, 0) is 12.8 Å². The van der Waals surface area contributed by atoms with Gasteiger partial charge in [-0.15, -0.1) is 0 Å². The molecule has 1 saturated carbocycles. The van der Waals surface area contributed by atoms with E-state index in [0.717, 1.165) is 24.2 Å². The molecule has 11 heavy (non-hydrogen) atoms. The topological polar surface area (TPSA) is 38.1 Å². The average Bonchev–Trinajstić information content (AvgIpc) is 2.72. The molecule has 3 heteroatoms. The van der Waals surface area contributed by atoms with Gasteiger partial charge in [-0.3, -0.25) is 0 Å². The van der Waals surface area contributed by atoms with Crippen LogP contribution < -0.4 is 5.32 Å². The van der Waals surface area contributed by atoms with E-state index < -0.39 is 0 Å². The molecule has 1 fully saturated rings. The second-order valence-electron chi connectivity index (χ2n) is 3.01. The van der Waals surface area contributed by atoms with Gasteiger partial charge < -0.3 is 9.73 Å². The zero-order valence-corrected chi connectivity index (χ0v) is 6.63. The summed E-state index contributed by atoms with van der Waals surface area (Å²) in [5.41, 5.74) is 1.01. The van der Waals surface area contributed by atoms with Crippen molar-refractivity contribution in [2.45, 2.75) is 32.4 Å². The summed E-state index contributed by atoms with van der Waals surface area (Å²) in [6.07, 6.45) is 4.35. The van der Waals surface area contributed by atoms with E-state index in [1.165, 1.54) is 12.8 Å². The maximum Gasteiger partial charge on any atom is 0.191 e. The van der Waals surface area contributed by atoms with Crippen LogP contribution in [-0.4, -0.2) is 11.0 Å². The molecular formula is C8H12N2O. The summed E-state index contributed by atoms with van der Waals surface area (Å²) < 4.78 is 5.07. The van der Waals surface area contributed by atoms with Crippen LogP contribution in [0.2, 0.25) is 0 Å². The molecular weight excluding hydrogens is 140 g/mol. The molecule has 0 spiro atoms. The molecule has 0 aromatic carbocycles. The fraction of sp³-hybridized carbons (Fsp3) is 0.625. The molecule has 0 bridgehead atoms. The van der Waals surface area contributed by atoms with Gasteiger partial charge in [0, 0.05) is 19.5 Å². The molecule has 1 N–H and O–H groups in total. The van der Waals surface area contributed by atoms with Crippen LogP contribution in [0.4, 0.5) is 0 Å². The van der Waals surface area contributed by atoms with Gasteiger partial charge in [-0.1, -0.05) is 0 Å². The summed E-state index contributed by atoms with van der Waals surface area (Å²) in [7, 11) is 0. The van der Waals surface area contributed by atoms with Crippen molar-refractivity contribution in [2.75, 3.05) is 0 Å². The summed E-state index contributed by atoms with van der Waals surface area (Å²) in [5.74, 6) is 0.748. The van der Waals surface area contributed by atoms with Crippen molar-refractivity contribution in [1.29, 1.82) is 0 Å². The van der Waals surface area contributed by atoms with Gasteiger partial charge in [-0.2, -0.15) is 0 Å². The minimum Gasteiger partial charge on any atom is -0.449 e. The zero-order valence-electron chi connectivity index (χ0n) is 6.63. The van der Waals surface area contributed by atoms with Crippen molar-refractivity contribution in [3.63, 3.8) is 0 Å². The van der Waals surface area contributed by atoms with Gasteiger partial charge in [0.2, 0.25) is 0 Å². The Balaban J connectivity index is 1.85. The maximum atomic E-state index is 5.07. The van der Waals surface area contributed by atoms with Crippen molar-refractivity contribution >= 4 is 0 Å². The fourth-order valence-electron chi connectivity index (χ4n) is 1.03. The zero-order chi connectivity index (χ0) is 7.68. The van der Waals surface area contributed by atoms with Gasteiger partial charge in [-0.25, -0.2) is 4.98 Å². The number of hydrogen-bond acceptors (Lipinski definition) is 3. The Morgan fingerprint density at radius 2 is 2.55 bits per heavy atom. The minimum absolute atomic E-state index is 0.743. The monoisotopic (exact) mass is 152 g/mol. The first-order valence-electron chi connectivity index (χ1n) is 3.99. The van der Waals surface area contributed by atoms with E-state index in [1.54, 1.807) is 6.26 Å². The van der Waals surface area contributed by atoms with E-state index in [0.29, 0.717) is 0 Å². The number of aromatic nitrogens is 1. The summed E-state index contributed by atoms with van der Waals surface area (Å²) in [5, 5.41) is 3.36. The number of oxazole rings is 1. The molecule has 1 heterocycles. The third-order valence-electron chi connectivity index (χ3n) is 1.82. The Kier molecular flexibility index (Phi) is 1.66. The van der Waals surface area contributed by atoms with E-state index in [9.17, 15) is 0 Å². The summed E-state index contributed by atoms with van der Waals surface area (Å²) in [6, 6.07) is 0.743. The number of nitrogens with zero attached hydrogens (tertiary/aromatic N) is 1. The van der Waals surface area contributed by atoms with Crippen molar-refractivity contribution in [1.82, 2.24) is 10.3 Å². The Morgan fingerprint density at radius 3 is 3.09 bits per heavy atom. The summed E-state index contributed by atoms with van der Waals surface area (Å²) >= 11 is 0. The largest absolute Gasteiger partial charge is 0.449 e.